The lowest BCUT2D eigenvalue weighted by atomic mass is 10.1. The fourth-order valence-corrected chi connectivity index (χ4v) is 1.12. The summed E-state index contributed by atoms with van der Waals surface area (Å²) in [6, 6.07) is 0. The van der Waals surface area contributed by atoms with Crippen LogP contribution in [0.5, 0.6) is 0 Å². The van der Waals surface area contributed by atoms with Crippen LogP contribution in [0, 0.1) is 0 Å². The van der Waals surface area contributed by atoms with E-state index in [4.69, 9.17) is 23.2 Å². The summed E-state index contributed by atoms with van der Waals surface area (Å²) < 4.78 is 86.2. The molecule has 0 amide bonds. The number of hydrogen-bond donors (Lipinski definition) is 0. The van der Waals surface area contributed by atoms with Crippen molar-refractivity contribution < 1.29 is 45.4 Å². The number of hydrogen-bond acceptors (Lipinski definition) is 4. The van der Waals surface area contributed by atoms with E-state index in [0.717, 1.165) is 0 Å². The van der Waals surface area contributed by atoms with Gasteiger partial charge in [-0.05, 0) is 23.2 Å². The molecule has 124 valence electrons. The first-order valence-corrected chi connectivity index (χ1v) is 5.74. The van der Waals surface area contributed by atoms with E-state index in [2.05, 4.69) is 9.47 Å². The van der Waals surface area contributed by atoms with Crippen LogP contribution in [0.25, 0.3) is 0 Å². The molecule has 0 saturated heterocycles. The molecule has 0 spiro atoms. The van der Waals surface area contributed by atoms with E-state index in [1.807, 2.05) is 0 Å². The van der Waals surface area contributed by atoms with Gasteiger partial charge in [-0.15, -0.1) is 0 Å². The van der Waals surface area contributed by atoms with Gasteiger partial charge in [0.05, 0.1) is 0 Å². The summed E-state index contributed by atoms with van der Waals surface area (Å²) in [7, 11) is 0. The minimum atomic E-state index is -5.86. The summed E-state index contributed by atoms with van der Waals surface area (Å²) in [6.07, 6.45) is 0. The van der Waals surface area contributed by atoms with Crippen LogP contribution < -0.4 is 0 Å². The van der Waals surface area contributed by atoms with Gasteiger partial charge in [0.2, 0.25) is 10.5 Å². The van der Waals surface area contributed by atoms with Crippen molar-refractivity contribution in [2.24, 2.45) is 0 Å². The second kappa shape index (κ2) is 7.61. The number of carbonyl (C=O) groups excluding carboxylic acids is 2. The summed E-state index contributed by atoms with van der Waals surface area (Å²) >= 11 is 9.40. The average molecular weight is 365 g/mol. The number of halogens is 8. The lowest BCUT2D eigenvalue weighted by molar-refractivity contribution is -0.327. The Bertz CT molecular complexity index is 356. The van der Waals surface area contributed by atoms with Crippen molar-refractivity contribution in [2.45, 2.75) is 17.8 Å². The standard InChI is InChI=1S/C9H8Cl2F6O4/c10-5(18)1-20-3-7(12,13)9(16,17)8(14,15)4-21-2-6(11)19/h1-4H2. The maximum Gasteiger partial charge on any atom is 0.376 e. The van der Waals surface area contributed by atoms with Gasteiger partial charge in [0.25, 0.3) is 0 Å². The molecule has 0 aliphatic carbocycles. The highest BCUT2D eigenvalue weighted by Gasteiger charge is 2.71. The van der Waals surface area contributed by atoms with Crippen molar-refractivity contribution >= 4 is 33.7 Å². The summed E-state index contributed by atoms with van der Waals surface area (Å²) in [5, 5.41) is -2.55. The van der Waals surface area contributed by atoms with Crippen LogP contribution in [0.15, 0.2) is 0 Å². The van der Waals surface area contributed by atoms with Crippen LogP contribution >= 0.6 is 23.2 Å². The molecule has 0 rings (SSSR count). The molecular weight excluding hydrogens is 357 g/mol. The molecule has 0 heterocycles. The summed E-state index contributed by atoms with van der Waals surface area (Å²) in [5.41, 5.74) is 0. The van der Waals surface area contributed by atoms with Gasteiger partial charge < -0.3 is 9.47 Å². The maximum absolute atomic E-state index is 13.1. The van der Waals surface area contributed by atoms with E-state index in [1.54, 1.807) is 0 Å². The maximum atomic E-state index is 13.1. The molecular formula is C9H8Cl2F6O4. The quantitative estimate of drug-likeness (QED) is 0.441. The minimum Gasteiger partial charge on any atom is -0.366 e. The molecule has 0 atom stereocenters. The molecule has 0 aliphatic heterocycles. The highest BCUT2D eigenvalue weighted by Crippen LogP contribution is 2.45. The molecule has 0 unspecified atom stereocenters. The molecule has 4 nitrogen and oxygen atoms in total. The van der Waals surface area contributed by atoms with Gasteiger partial charge in [0.1, 0.15) is 26.4 Å². The molecule has 0 saturated carbocycles. The van der Waals surface area contributed by atoms with Gasteiger partial charge in [0, 0.05) is 0 Å². The first kappa shape index (κ1) is 20.4. The molecule has 12 heteroatoms. The molecule has 21 heavy (non-hydrogen) atoms. The molecule has 0 fully saturated rings. The zero-order chi connectivity index (χ0) is 16.9. The lowest BCUT2D eigenvalue weighted by Gasteiger charge is -2.32. The van der Waals surface area contributed by atoms with E-state index in [1.165, 1.54) is 0 Å². The Kier molecular flexibility index (Phi) is 7.40. The highest BCUT2D eigenvalue weighted by atomic mass is 35.5. The van der Waals surface area contributed by atoms with Crippen LogP contribution in [0.2, 0.25) is 0 Å². The van der Waals surface area contributed by atoms with Gasteiger partial charge in [-0.3, -0.25) is 9.59 Å². The Morgan fingerprint density at radius 1 is 0.762 bits per heavy atom. The van der Waals surface area contributed by atoms with Crippen LogP contribution in [0.4, 0.5) is 26.3 Å². The van der Waals surface area contributed by atoms with Crippen LogP contribution in [0.1, 0.15) is 0 Å². The SMILES string of the molecule is O=C(Cl)COCC(F)(F)C(F)(F)C(F)(F)COCC(=O)Cl. The van der Waals surface area contributed by atoms with Crippen LogP contribution in [-0.4, -0.2) is 54.7 Å². The Labute approximate surface area is 124 Å². The van der Waals surface area contributed by atoms with E-state index in [0.29, 0.717) is 0 Å². The zero-order valence-corrected chi connectivity index (χ0v) is 11.5. The van der Waals surface area contributed by atoms with Gasteiger partial charge in [-0.2, -0.15) is 26.3 Å². The minimum absolute atomic E-state index is 1.16. The lowest BCUT2D eigenvalue weighted by Crippen LogP contribution is -2.58. The van der Waals surface area contributed by atoms with Crippen molar-refractivity contribution in [3.05, 3.63) is 0 Å². The Morgan fingerprint density at radius 3 is 1.29 bits per heavy atom. The molecule has 0 aliphatic rings. The summed E-state index contributed by atoms with van der Waals surface area (Å²) in [4.78, 5) is 20.4. The van der Waals surface area contributed by atoms with Crippen molar-refractivity contribution in [3.63, 3.8) is 0 Å². The van der Waals surface area contributed by atoms with E-state index in [-0.39, 0.29) is 0 Å². The first-order valence-electron chi connectivity index (χ1n) is 4.99. The third-order valence-electron chi connectivity index (χ3n) is 1.92. The van der Waals surface area contributed by atoms with Crippen LogP contribution in [0.3, 0.4) is 0 Å². The highest BCUT2D eigenvalue weighted by molar-refractivity contribution is 6.64. The van der Waals surface area contributed by atoms with Gasteiger partial charge >= 0.3 is 17.8 Å². The second-order valence-corrected chi connectivity index (χ2v) is 4.52. The van der Waals surface area contributed by atoms with Crippen molar-refractivity contribution in [3.8, 4) is 0 Å². The molecule has 0 radical (unpaired) electrons. The smallest absolute Gasteiger partial charge is 0.366 e. The Hall–Kier alpha value is -0.580. The number of rotatable bonds is 10. The fourth-order valence-electron chi connectivity index (χ4n) is 0.968. The predicted octanol–water partition coefficient (Wildman–Crippen LogP) is 2.46. The third kappa shape index (κ3) is 5.97. The number of alkyl halides is 6. The fraction of sp³-hybridized carbons (Fsp3) is 0.778. The summed E-state index contributed by atoms with van der Waals surface area (Å²) in [5.74, 6) is -16.5. The molecule has 0 aromatic carbocycles. The average Bonchev–Trinajstić information content (AvgIpc) is 2.26. The molecule has 0 N–H and O–H groups in total. The van der Waals surface area contributed by atoms with Gasteiger partial charge in [-0.1, -0.05) is 0 Å². The van der Waals surface area contributed by atoms with E-state index < -0.39 is 54.7 Å². The summed E-state index contributed by atoms with van der Waals surface area (Å²) in [6.45, 7) is -6.64. The van der Waals surface area contributed by atoms with Gasteiger partial charge in [0.15, 0.2) is 0 Å². The second-order valence-electron chi connectivity index (χ2n) is 3.68. The first-order chi connectivity index (χ1) is 9.33. The van der Waals surface area contributed by atoms with Crippen molar-refractivity contribution in [2.75, 3.05) is 26.4 Å². The van der Waals surface area contributed by atoms with E-state index >= 15 is 0 Å². The predicted molar refractivity (Wildman–Crippen MR) is 58.2 cm³/mol. The Morgan fingerprint density at radius 2 is 1.05 bits per heavy atom. The number of ether oxygens (including phenoxy) is 2. The largest absolute Gasteiger partial charge is 0.376 e. The van der Waals surface area contributed by atoms with E-state index in [9.17, 15) is 35.9 Å². The monoisotopic (exact) mass is 364 g/mol. The molecule has 0 aromatic rings. The van der Waals surface area contributed by atoms with Gasteiger partial charge in [-0.25, -0.2) is 0 Å². The van der Waals surface area contributed by atoms with Crippen molar-refractivity contribution in [1.29, 1.82) is 0 Å². The molecule has 0 bridgehead atoms. The zero-order valence-electron chi connectivity index (χ0n) is 9.99. The molecule has 0 aromatic heterocycles. The number of carbonyl (C=O) groups is 2. The third-order valence-corrected chi connectivity index (χ3v) is 2.13. The van der Waals surface area contributed by atoms with Crippen molar-refractivity contribution in [1.82, 2.24) is 0 Å². The normalized spacial score (nSPS) is 13.3. The topological polar surface area (TPSA) is 52.6 Å². The Balaban J connectivity index is 4.78. The van der Waals surface area contributed by atoms with Crippen LogP contribution in [-0.2, 0) is 19.1 Å².